The summed E-state index contributed by atoms with van der Waals surface area (Å²) in [7, 11) is 0. The van der Waals surface area contributed by atoms with Crippen molar-refractivity contribution in [3.8, 4) is 0 Å². The molecule has 1 fully saturated rings. The maximum atomic E-state index is 9.18. The molecule has 1 atom stereocenters. The van der Waals surface area contributed by atoms with Crippen molar-refractivity contribution in [3.05, 3.63) is 53.1 Å². The van der Waals surface area contributed by atoms with Gasteiger partial charge >= 0.3 is 0 Å². The van der Waals surface area contributed by atoms with Crippen LogP contribution in [0.15, 0.2) is 51.2 Å². The second-order valence-corrected chi connectivity index (χ2v) is 8.69. The van der Waals surface area contributed by atoms with Gasteiger partial charge in [0.05, 0.1) is 26.9 Å². The quantitative estimate of drug-likeness (QED) is 0.733. The Morgan fingerprint density at radius 1 is 1.20 bits per heavy atom. The Hall–Kier alpha value is -1.86. The fraction of sp³-hybridized carbons (Fsp3) is 0.458. The van der Waals surface area contributed by atoms with Gasteiger partial charge in [0.15, 0.2) is 0 Å². The minimum atomic E-state index is -1.93. The highest BCUT2D eigenvalue weighted by molar-refractivity contribution is 7.99. The summed E-state index contributed by atoms with van der Waals surface area (Å²) in [5, 5.41) is 8.91. The van der Waals surface area contributed by atoms with E-state index in [1.165, 1.54) is 5.56 Å². The second-order valence-electron chi connectivity index (χ2n) is 7.61. The van der Waals surface area contributed by atoms with Crippen LogP contribution in [0.2, 0.25) is 0 Å². The Morgan fingerprint density at radius 2 is 2.00 bits per heavy atom. The molecule has 0 saturated carbocycles. The lowest BCUT2D eigenvalue weighted by Crippen LogP contribution is -2.54. The van der Waals surface area contributed by atoms with Crippen LogP contribution >= 0.6 is 11.8 Å². The smallest absolute Gasteiger partial charge is 0.138 e. The number of aliphatic hydroxyl groups is 1. The molecular formula is C24H31N3O2S. The van der Waals surface area contributed by atoms with E-state index in [0.29, 0.717) is 32.1 Å². The van der Waals surface area contributed by atoms with Gasteiger partial charge in [-0.15, -0.1) is 0 Å². The zero-order chi connectivity index (χ0) is 23.8. The molecule has 6 heteroatoms. The lowest BCUT2D eigenvalue weighted by molar-refractivity contribution is 0.0567. The summed E-state index contributed by atoms with van der Waals surface area (Å²) in [6.45, 7) is 5.59. The highest BCUT2D eigenvalue weighted by Crippen LogP contribution is 2.42. The Balaban J connectivity index is 1.74. The average molecular weight is 429 g/mol. The van der Waals surface area contributed by atoms with Gasteiger partial charge < -0.3 is 14.7 Å². The first kappa shape index (κ1) is 17.8. The van der Waals surface area contributed by atoms with Gasteiger partial charge in [0.2, 0.25) is 0 Å². The molecule has 0 spiro atoms. The summed E-state index contributed by atoms with van der Waals surface area (Å²) < 4.78 is 32.3. The fourth-order valence-corrected chi connectivity index (χ4v) is 4.79. The SMILES string of the molecule is [2H]C1([2H])N(CCOCCO)CCN(C2=Nc3cc(C)c(C)cc3Sc3ccccc32)C1([2H])C. The van der Waals surface area contributed by atoms with Crippen LogP contribution in [0.25, 0.3) is 0 Å². The first-order chi connectivity index (χ1) is 15.7. The van der Waals surface area contributed by atoms with Gasteiger partial charge in [-0.25, -0.2) is 4.99 Å². The van der Waals surface area contributed by atoms with Crippen LogP contribution < -0.4 is 0 Å². The molecule has 2 aromatic rings. The van der Waals surface area contributed by atoms with Crippen LogP contribution in [0.1, 0.15) is 27.7 Å². The number of fused-ring (bicyclic) bond motifs is 2. The molecule has 0 amide bonds. The molecule has 160 valence electrons. The van der Waals surface area contributed by atoms with Crippen LogP contribution in [0.3, 0.4) is 0 Å². The van der Waals surface area contributed by atoms with Crippen LogP contribution in [0.4, 0.5) is 5.69 Å². The molecule has 2 heterocycles. The van der Waals surface area contributed by atoms with Crippen molar-refractivity contribution in [1.82, 2.24) is 9.80 Å². The lowest BCUT2D eigenvalue weighted by Gasteiger charge is -2.41. The van der Waals surface area contributed by atoms with Gasteiger partial charge in [-0.1, -0.05) is 30.0 Å². The Morgan fingerprint density at radius 3 is 2.83 bits per heavy atom. The largest absolute Gasteiger partial charge is 0.394 e. The zero-order valence-corrected chi connectivity index (χ0v) is 18.6. The standard InChI is InChI=1S/C24H31N3O2S/c1-17-14-21-23(15-18(17)2)30-22-7-5-4-6-20(22)24(25-21)27-9-8-26(16-19(27)3)10-12-29-13-11-28/h4-7,14-15,19,28H,8-13,16H2,1-3H3/i16D2,19D. The van der Waals surface area contributed by atoms with E-state index in [4.69, 9.17) is 17.6 Å². The van der Waals surface area contributed by atoms with Crippen LogP contribution in [0.5, 0.6) is 0 Å². The third-order valence-electron chi connectivity index (χ3n) is 5.46. The predicted octanol–water partition coefficient (Wildman–Crippen LogP) is 3.86. The molecule has 2 aliphatic rings. The van der Waals surface area contributed by atoms with Crippen molar-refractivity contribution in [1.29, 1.82) is 0 Å². The van der Waals surface area contributed by atoms with E-state index < -0.39 is 12.5 Å². The first-order valence-electron chi connectivity index (χ1n) is 11.9. The number of benzene rings is 2. The third kappa shape index (κ3) is 4.57. The lowest BCUT2D eigenvalue weighted by atomic mass is 10.1. The molecule has 1 N–H and O–H groups in total. The summed E-state index contributed by atoms with van der Waals surface area (Å²) in [6, 6.07) is 10.7. The molecule has 1 saturated heterocycles. The maximum absolute atomic E-state index is 9.18. The number of piperazine rings is 1. The number of ether oxygens (including phenoxy) is 1. The molecule has 0 bridgehead atoms. The number of aliphatic imine (C=N–C) groups is 1. The number of nitrogens with zero attached hydrogens (tertiary/aromatic N) is 3. The number of aryl methyl sites for hydroxylation is 2. The van der Waals surface area contributed by atoms with Crippen molar-refractivity contribution in [3.63, 3.8) is 0 Å². The molecule has 5 nitrogen and oxygen atoms in total. The van der Waals surface area contributed by atoms with Crippen molar-refractivity contribution in [2.45, 2.75) is 36.6 Å². The molecule has 0 aromatic heterocycles. The zero-order valence-electron chi connectivity index (χ0n) is 20.8. The van der Waals surface area contributed by atoms with Gasteiger partial charge in [0.1, 0.15) is 5.84 Å². The molecule has 2 aliphatic heterocycles. The minimum Gasteiger partial charge on any atom is -0.394 e. The van der Waals surface area contributed by atoms with E-state index in [9.17, 15) is 1.37 Å². The van der Waals surface area contributed by atoms with Crippen molar-refractivity contribution >= 4 is 23.3 Å². The van der Waals surface area contributed by atoms with E-state index in [0.717, 1.165) is 26.6 Å². The maximum Gasteiger partial charge on any atom is 0.138 e. The van der Waals surface area contributed by atoms with Gasteiger partial charge in [-0.3, -0.25) is 4.90 Å². The monoisotopic (exact) mass is 428 g/mol. The molecule has 0 aliphatic carbocycles. The van der Waals surface area contributed by atoms with Crippen molar-refractivity contribution < 1.29 is 14.0 Å². The second kappa shape index (κ2) is 9.52. The topological polar surface area (TPSA) is 48.3 Å². The molecular weight excluding hydrogens is 394 g/mol. The highest BCUT2D eigenvalue weighted by atomic mass is 32.2. The molecule has 2 aromatic carbocycles. The van der Waals surface area contributed by atoms with E-state index >= 15 is 0 Å². The van der Waals surface area contributed by atoms with Crippen LogP contribution in [-0.4, -0.2) is 72.7 Å². The van der Waals surface area contributed by atoms with Crippen molar-refractivity contribution in [2.24, 2.45) is 4.99 Å². The number of aliphatic hydroxyl groups excluding tert-OH is 1. The number of hydrogen-bond donors (Lipinski definition) is 1. The molecule has 1 unspecified atom stereocenters. The summed E-state index contributed by atoms with van der Waals surface area (Å²) in [5.74, 6) is 0.637. The number of hydrogen-bond acceptors (Lipinski definition) is 6. The predicted molar refractivity (Wildman–Crippen MR) is 123 cm³/mol. The first-order valence-corrected chi connectivity index (χ1v) is 11.2. The van der Waals surface area contributed by atoms with E-state index in [1.54, 1.807) is 23.6 Å². The molecule has 30 heavy (non-hydrogen) atoms. The van der Waals surface area contributed by atoms with Gasteiger partial charge in [-0.05, 0) is 50.1 Å². The molecule has 0 radical (unpaired) electrons. The van der Waals surface area contributed by atoms with Gasteiger partial charge in [0, 0.05) is 50.2 Å². The summed E-state index contributed by atoms with van der Waals surface area (Å²) in [5.41, 5.74) is 4.13. The number of rotatable bonds is 5. The van der Waals surface area contributed by atoms with Gasteiger partial charge in [-0.2, -0.15) is 0 Å². The summed E-state index contributed by atoms with van der Waals surface area (Å²) >= 11 is 1.67. The average Bonchev–Trinajstić information content (AvgIpc) is 2.91. The van der Waals surface area contributed by atoms with Crippen LogP contribution in [-0.2, 0) is 4.74 Å². The normalized spacial score (nSPS) is 24.7. The Bertz CT molecular complexity index is 1060. The fourth-order valence-electron chi connectivity index (χ4n) is 3.69. The minimum absolute atomic E-state index is 0.0610. The Kier molecular flexibility index (Phi) is 5.64. The molecule has 4 rings (SSSR count). The highest BCUT2D eigenvalue weighted by Gasteiger charge is 2.29. The van der Waals surface area contributed by atoms with E-state index in [-0.39, 0.29) is 13.2 Å². The number of amidine groups is 1. The van der Waals surface area contributed by atoms with E-state index in [2.05, 4.69) is 32.0 Å². The van der Waals surface area contributed by atoms with Crippen molar-refractivity contribution in [2.75, 3.05) is 46.0 Å². The Labute approximate surface area is 188 Å². The van der Waals surface area contributed by atoms with E-state index in [1.807, 2.05) is 23.1 Å². The van der Waals surface area contributed by atoms with Gasteiger partial charge in [0.25, 0.3) is 0 Å². The summed E-state index contributed by atoms with van der Waals surface area (Å²) in [6.07, 6.45) is 0. The van der Waals surface area contributed by atoms with Crippen LogP contribution in [0, 0.1) is 13.8 Å². The summed E-state index contributed by atoms with van der Waals surface area (Å²) in [4.78, 5) is 10.6. The third-order valence-corrected chi connectivity index (χ3v) is 6.59.